The van der Waals surface area contributed by atoms with E-state index in [1.807, 2.05) is 19.2 Å². The van der Waals surface area contributed by atoms with Gasteiger partial charge in [-0.25, -0.2) is 14.8 Å². The van der Waals surface area contributed by atoms with Crippen LogP contribution in [-0.2, 0) is 6.42 Å². The normalized spacial score (nSPS) is 9.92. The fourth-order valence-corrected chi connectivity index (χ4v) is 3.25. The van der Waals surface area contributed by atoms with Gasteiger partial charge in [-0.15, -0.1) is 11.3 Å². The number of rotatable bonds is 3. The van der Waals surface area contributed by atoms with Crippen LogP contribution in [0, 0.1) is 13.8 Å². The molecule has 2 heterocycles. The van der Waals surface area contributed by atoms with E-state index in [4.69, 9.17) is 15.0 Å². The smallest absolute Gasteiger partial charge is 0.450 e. The van der Waals surface area contributed by atoms with Crippen molar-refractivity contribution in [2.45, 2.75) is 20.3 Å². The van der Waals surface area contributed by atoms with Crippen molar-refractivity contribution >= 4 is 17.5 Å². The molecule has 0 spiro atoms. The quantitative estimate of drug-likeness (QED) is 0.725. The molecular formula is C18H18N2O3S. The SMILES string of the molecule is Cc1ccnc(-c2scc(C)c2Cc2ccccc2)n1.O=C(O)O. The minimum atomic E-state index is -1.83. The van der Waals surface area contributed by atoms with Crippen molar-refractivity contribution in [3.63, 3.8) is 0 Å². The third-order valence-electron chi connectivity index (χ3n) is 3.33. The Hall–Kier alpha value is -2.73. The van der Waals surface area contributed by atoms with Crippen molar-refractivity contribution < 1.29 is 15.0 Å². The highest BCUT2D eigenvalue weighted by Crippen LogP contribution is 2.32. The second-order valence-electron chi connectivity index (χ2n) is 5.19. The maximum absolute atomic E-state index is 8.56. The van der Waals surface area contributed by atoms with Crippen molar-refractivity contribution in [2.24, 2.45) is 0 Å². The molecule has 6 heteroatoms. The van der Waals surface area contributed by atoms with Gasteiger partial charge in [0.1, 0.15) is 0 Å². The summed E-state index contributed by atoms with van der Waals surface area (Å²) in [6.07, 6.45) is 0.932. The van der Waals surface area contributed by atoms with Crippen molar-refractivity contribution in [2.75, 3.05) is 0 Å². The van der Waals surface area contributed by atoms with Gasteiger partial charge in [-0.05, 0) is 48.4 Å². The molecule has 0 saturated heterocycles. The first-order valence-electron chi connectivity index (χ1n) is 7.30. The summed E-state index contributed by atoms with van der Waals surface area (Å²) in [4.78, 5) is 18.7. The average molecular weight is 342 g/mol. The number of hydrogen-bond acceptors (Lipinski definition) is 4. The fourth-order valence-electron chi connectivity index (χ4n) is 2.23. The second-order valence-corrected chi connectivity index (χ2v) is 6.07. The van der Waals surface area contributed by atoms with Crippen LogP contribution in [-0.4, -0.2) is 26.3 Å². The van der Waals surface area contributed by atoms with Crippen molar-refractivity contribution in [1.82, 2.24) is 9.97 Å². The van der Waals surface area contributed by atoms with Gasteiger partial charge in [0.05, 0.1) is 4.88 Å². The van der Waals surface area contributed by atoms with Gasteiger partial charge in [0, 0.05) is 11.9 Å². The highest BCUT2D eigenvalue weighted by Gasteiger charge is 2.13. The maximum atomic E-state index is 8.56. The van der Waals surface area contributed by atoms with E-state index in [2.05, 4.69) is 52.6 Å². The molecule has 0 aliphatic carbocycles. The van der Waals surface area contributed by atoms with E-state index in [9.17, 15) is 0 Å². The fraction of sp³-hybridized carbons (Fsp3) is 0.167. The zero-order chi connectivity index (χ0) is 17.5. The molecule has 0 unspecified atom stereocenters. The van der Waals surface area contributed by atoms with Crippen molar-refractivity contribution in [3.8, 4) is 10.7 Å². The van der Waals surface area contributed by atoms with E-state index < -0.39 is 6.16 Å². The molecule has 5 nitrogen and oxygen atoms in total. The Labute approximate surface area is 144 Å². The highest BCUT2D eigenvalue weighted by atomic mass is 32.1. The van der Waals surface area contributed by atoms with Crippen LogP contribution < -0.4 is 0 Å². The molecule has 0 amide bonds. The third-order valence-corrected chi connectivity index (χ3v) is 4.46. The second kappa shape index (κ2) is 8.21. The number of aromatic nitrogens is 2. The molecule has 124 valence electrons. The number of carboxylic acid groups (broad SMARTS) is 2. The molecule has 3 aromatic rings. The molecule has 2 N–H and O–H groups in total. The van der Waals surface area contributed by atoms with Crippen LogP contribution in [0.5, 0.6) is 0 Å². The minimum Gasteiger partial charge on any atom is -0.450 e. The number of hydrogen-bond donors (Lipinski definition) is 2. The lowest BCUT2D eigenvalue weighted by Crippen LogP contribution is -1.94. The van der Waals surface area contributed by atoms with Gasteiger partial charge in [-0.3, -0.25) is 0 Å². The van der Waals surface area contributed by atoms with Gasteiger partial charge in [-0.1, -0.05) is 30.3 Å². The Kier molecular flexibility index (Phi) is 6.03. The number of nitrogens with zero attached hydrogens (tertiary/aromatic N) is 2. The molecule has 3 rings (SSSR count). The predicted octanol–water partition coefficient (Wildman–Crippen LogP) is 4.64. The molecular weight excluding hydrogens is 324 g/mol. The van der Waals surface area contributed by atoms with Crippen LogP contribution in [0.15, 0.2) is 48.0 Å². The molecule has 0 atom stereocenters. The standard InChI is InChI=1S/C17H16N2S.CH2O3/c1-12-11-20-16(17-18-9-8-13(2)19-17)15(12)10-14-6-4-3-5-7-14;2-1(3)4/h3-9,11H,10H2,1-2H3;(H2,2,3,4). The molecule has 0 aliphatic heterocycles. The van der Waals surface area contributed by atoms with Crippen molar-refractivity contribution in [3.05, 3.63) is 70.4 Å². The first-order chi connectivity index (χ1) is 11.5. The van der Waals surface area contributed by atoms with E-state index in [0.29, 0.717) is 0 Å². The number of benzene rings is 1. The van der Waals surface area contributed by atoms with Crippen LogP contribution in [0.3, 0.4) is 0 Å². The summed E-state index contributed by atoms with van der Waals surface area (Å²) < 4.78 is 0. The van der Waals surface area contributed by atoms with E-state index >= 15 is 0 Å². The molecule has 1 aromatic carbocycles. The first kappa shape index (κ1) is 17.6. The number of aryl methyl sites for hydroxylation is 2. The van der Waals surface area contributed by atoms with E-state index in [1.165, 1.54) is 21.6 Å². The van der Waals surface area contributed by atoms with Crippen LogP contribution in [0.25, 0.3) is 10.7 Å². The summed E-state index contributed by atoms with van der Waals surface area (Å²) in [6, 6.07) is 12.5. The number of carbonyl (C=O) groups is 1. The minimum absolute atomic E-state index is 0.842. The third kappa shape index (κ3) is 4.89. The summed E-state index contributed by atoms with van der Waals surface area (Å²) >= 11 is 1.73. The van der Waals surface area contributed by atoms with Gasteiger partial charge < -0.3 is 10.2 Å². The molecule has 0 bridgehead atoms. The van der Waals surface area contributed by atoms with Crippen LogP contribution >= 0.6 is 11.3 Å². The molecule has 2 aromatic heterocycles. The zero-order valence-electron chi connectivity index (χ0n) is 13.4. The lowest BCUT2D eigenvalue weighted by Gasteiger charge is -2.06. The van der Waals surface area contributed by atoms with Crippen molar-refractivity contribution in [1.29, 1.82) is 0 Å². The summed E-state index contributed by atoms with van der Waals surface area (Å²) in [5, 5.41) is 16.1. The summed E-state index contributed by atoms with van der Waals surface area (Å²) in [7, 11) is 0. The average Bonchev–Trinajstić information content (AvgIpc) is 2.89. The molecule has 0 saturated carbocycles. The maximum Gasteiger partial charge on any atom is 0.503 e. The van der Waals surface area contributed by atoms with Gasteiger partial charge in [0.15, 0.2) is 5.82 Å². The summed E-state index contributed by atoms with van der Waals surface area (Å²) in [5.41, 5.74) is 4.99. The lowest BCUT2D eigenvalue weighted by atomic mass is 10.0. The van der Waals surface area contributed by atoms with Crippen LogP contribution in [0.1, 0.15) is 22.4 Å². The van der Waals surface area contributed by atoms with Crippen LogP contribution in [0.2, 0.25) is 0 Å². The van der Waals surface area contributed by atoms with Gasteiger partial charge >= 0.3 is 6.16 Å². The zero-order valence-corrected chi connectivity index (χ0v) is 14.2. The Morgan fingerprint density at radius 2 is 1.79 bits per heavy atom. The summed E-state index contributed by atoms with van der Waals surface area (Å²) in [5.74, 6) is 0.842. The Balaban J connectivity index is 0.000000471. The van der Waals surface area contributed by atoms with Gasteiger partial charge in [-0.2, -0.15) is 0 Å². The monoisotopic (exact) mass is 342 g/mol. The first-order valence-corrected chi connectivity index (χ1v) is 8.18. The molecule has 24 heavy (non-hydrogen) atoms. The van der Waals surface area contributed by atoms with Crippen LogP contribution in [0.4, 0.5) is 4.79 Å². The largest absolute Gasteiger partial charge is 0.503 e. The molecule has 0 fully saturated rings. The Morgan fingerprint density at radius 3 is 2.42 bits per heavy atom. The molecule has 0 aliphatic rings. The Morgan fingerprint density at radius 1 is 1.12 bits per heavy atom. The predicted molar refractivity (Wildman–Crippen MR) is 94.7 cm³/mol. The topological polar surface area (TPSA) is 83.3 Å². The van der Waals surface area contributed by atoms with E-state index in [0.717, 1.165) is 17.9 Å². The number of thiophene rings is 1. The van der Waals surface area contributed by atoms with E-state index in [1.54, 1.807) is 11.3 Å². The van der Waals surface area contributed by atoms with E-state index in [-0.39, 0.29) is 0 Å². The summed E-state index contributed by atoms with van der Waals surface area (Å²) in [6.45, 7) is 4.16. The highest BCUT2D eigenvalue weighted by molar-refractivity contribution is 7.13. The lowest BCUT2D eigenvalue weighted by molar-refractivity contribution is 0.137. The van der Waals surface area contributed by atoms with Gasteiger partial charge in [0.2, 0.25) is 0 Å². The Bertz CT molecular complexity index is 812. The van der Waals surface area contributed by atoms with Gasteiger partial charge in [0.25, 0.3) is 0 Å². The molecule has 0 radical (unpaired) electrons.